The van der Waals surface area contributed by atoms with Crippen molar-refractivity contribution in [3.63, 3.8) is 0 Å². The third kappa shape index (κ3) is 7.58. The smallest absolute Gasteiger partial charge is 0.194 e. The van der Waals surface area contributed by atoms with E-state index in [2.05, 4.69) is 50.9 Å². The molecule has 1 atom stereocenters. The SMILES string of the molecule is CCNC(=NCc1cnn(Cc2ccccc2)c1)N(C)Cc1csc(C(C)OC)n1.I. The molecule has 3 rings (SSSR count). The highest BCUT2D eigenvalue weighted by Gasteiger charge is 2.13. The van der Waals surface area contributed by atoms with Gasteiger partial charge in [-0.1, -0.05) is 30.3 Å². The van der Waals surface area contributed by atoms with E-state index in [4.69, 9.17) is 9.73 Å². The lowest BCUT2D eigenvalue weighted by Crippen LogP contribution is -2.38. The first kappa shape index (κ1) is 25.3. The van der Waals surface area contributed by atoms with Gasteiger partial charge in [0.1, 0.15) is 11.1 Å². The van der Waals surface area contributed by atoms with Crippen molar-refractivity contribution in [3.05, 3.63) is 69.9 Å². The number of hydrogen-bond acceptors (Lipinski definition) is 5. The summed E-state index contributed by atoms with van der Waals surface area (Å²) >= 11 is 1.63. The van der Waals surface area contributed by atoms with Crippen LogP contribution in [0, 0.1) is 0 Å². The first-order chi connectivity index (χ1) is 14.6. The highest BCUT2D eigenvalue weighted by atomic mass is 127. The van der Waals surface area contributed by atoms with Crippen LogP contribution in [-0.4, -0.2) is 46.3 Å². The molecule has 0 saturated carbocycles. The summed E-state index contributed by atoms with van der Waals surface area (Å²) < 4.78 is 7.31. The molecule has 31 heavy (non-hydrogen) atoms. The van der Waals surface area contributed by atoms with Gasteiger partial charge in [0.2, 0.25) is 0 Å². The minimum atomic E-state index is 0. The van der Waals surface area contributed by atoms with Crippen LogP contribution in [0.2, 0.25) is 0 Å². The van der Waals surface area contributed by atoms with Crippen LogP contribution in [0.25, 0.3) is 0 Å². The third-order valence-electron chi connectivity index (χ3n) is 4.65. The zero-order valence-electron chi connectivity index (χ0n) is 18.5. The molecule has 0 bridgehead atoms. The number of guanidine groups is 1. The Morgan fingerprint density at radius 2 is 2.06 bits per heavy atom. The number of aliphatic imine (C=N–C) groups is 1. The maximum absolute atomic E-state index is 5.36. The van der Waals surface area contributed by atoms with Crippen LogP contribution < -0.4 is 5.32 Å². The lowest BCUT2D eigenvalue weighted by molar-refractivity contribution is 0.119. The summed E-state index contributed by atoms with van der Waals surface area (Å²) in [7, 11) is 3.73. The first-order valence-electron chi connectivity index (χ1n) is 10.1. The minimum absolute atomic E-state index is 0. The summed E-state index contributed by atoms with van der Waals surface area (Å²) in [4.78, 5) is 11.6. The quantitative estimate of drug-likeness (QED) is 0.243. The molecule has 9 heteroatoms. The summed E-state index contributed by atoms with van der Waals surface area (Å²) in [6.07, 6.45) is 3.96. The molecular formula is C22H31IN6OS. The summed E-state index contributed by atoms with van der Waals surface area (Å²) in [5, 5.41) is 10.9. The topological polar surface area (TPSA) is 67.6 Å². The number of rotatable bonds is 9. The maximum atomic E-state index is 5.36. The molecule has 0 radical (unpaired) electrons. The fourth-order valence-electron chi connectivity index (χ4n) is 2.98. The normalized spacial score (nSPS) is 12.3. The number of nitrogens with zero attached hydrogens (tertiary/aromatic N) is 5. The number of ether oxygens (including phenoxy) is 1. The van der Waals surface area contributed by atoms with Crippen molar-refractivity contribution in [3.8, 4) is 0 Å². The summed E-state index contributed by atoms with van der Waals surface area (Å²) in [5.41, 5.74) is 3.33. The van der Waals surface area contributed by atoms with Crippen LogP contribution in [0.15, 0.2) is 53.1 Å². The number of halogens is 1. The fourth-order valence-corrected chi connectivity index (χ4v) is 3.82. The van der Waals surface area contributed by atoms with Crippen LogP contribution in [0.5, 0.6) is 0 Å². The average Bonchev–Trinajstić information content (AvgIpc) is 3.41. The van der Waals surface area contributed by atoms with Crippen molar-refractivity contribution in [2.75, 3.05) is 20.7 Å². The molecule has 2 heterocycles. The summed E-state index contributed by atoms with van der Waals surface area (Å²) in [5.74, 6) is 0.850. The fraction of sp³-hybridized carbons (Fsp3) is 0.409. The zero-order valence-corrected chi connectivity index (χ0v) is 21.6. The molecule has 0 aliphatic rings. The lowest BCUT2D eigenvalue weighted by Gasteiger charge is -2.21. The van der Waals surface area contributed by atoms with Gasteiger partial charge in [0.15, 0.2) is 5.96 Å². The third-order valence-corrected chi connectivity index (χ3v) is 5.71. The van der Waals surface area contributed by atoms with E-state index < -0.39 is 0 Å². The van der Waals surface area contributed by atoms with Gasteiger partial charge in [-0.05, 0) is 19.4 Å². The molecule has 1 unspecified atom stereocenters. The van der Waals surface area contributed by atoms with E-state index in [1.807, 2.05) is 43.0 Å². The van der Waals surface area contributed by atoms with Gasteiger partial charge in [-0.3, -0.25) is 4.68 Å². The molecule has 0 saturated heterocycles. The van der Waals surface area contributed by atoms with Gasteiger partial charge in [0, 0.05) is 37.8 Å². The predicted octanol–water partition coefficient (Wildman–Crippen LogP) is 4.31. The predicted molar refractivity (Wildman–Crippen MR) is 137 cm³/mol. The van der Waals surface area contributed by atoms with Gasteiger partial charge in [-0.2, -0.15) is 5.10 Å². The second-order valence-electron chi connectivity index (χ2n) is 7.11. The largest absolute Gasteiger partial charge is 0.375 e. The molecule has 0 aliphatic carbocycles. The molecule has 0 spiro atoms. The molecule has 3 aromatic rings. The Hall–Kier alpha value is -1.98. The highest BCUT2D eigenvalue weighted by Crippen LogP contribution is 2.21. The second kappa shape index (κ2) is 12.8. The molecule has 2 aromatic heterocycles. The van der Waals surface area contributed by atoms with Crippen molar-refractivity contribution >= 4 is 41.3 Å². The minimum Gasteiger partial charge on any atom is -0.375 e. The first-order valence-corrected chi connectivity index (χ1v) is 11.0. The van der Waals surface area contributed by atoms with Crippen LogP contribution in [0.3, 0.4) is 0 Å². The number of aromatic nitrogens is 3. The van der Waals surface area contributed by atoms with Crippen molar-refractivity contribution in [2.45, 2.75) is 39.6 Å². The van der Waals surface area contributed by atoms with E-state index in [9.17, 15) is 0 Å². The van der Waals surface area contributed by atoms with E-state index in [0.29, 0.717) is 13.1 Å². The van der Waals surface area contributed by atoms with Crippen LogP contribution in [0.4, 0.5) is 0 Å². The van der Waals surface area contributed by atoms with E-state index >= 15 is 0 Å². The molecule has 0 fully saturated rings. The Morgan fingerprint density at radius 1 is 1.29 bits per heavy atom. The Kier molecular flexibility index (Phi) is 10.4. The Morgan fingerprint density at radius 3 is 2.77 bits per heavy atom. The van der Waals surface area contributed by atoms with Crippen LogP contribution in [-0.2, 0) is 24.4 Å². The maximum Gasteiger partial charge on any atom is 0.194 e. The number of benzene rings is 1. The number of nitrogens with one attached hydrogen (secondary N) is 1. The zero-order chi connectivity index (χ0) is 21.3. The van der Waals surface area contributed by atoms with E-state index in [-0.39, 0.29) is 30.1 Å². The Balaban J connectivity index is 0.00000341. The van der Waals surface area contributed by atoms with Crippen molar-refractivity contribution in [2.24, 2.45) is 4.99 Å². The van der Waals surface area contributed by atoms with Gasteiger partial charge < -0.3 is 15.0 Å². The summed E-state index contributed by atoms with van der Waals surface area (Å²) in [6.45, 7) is 6.91. The van der Waals surface area contributed by atoms with Gasteiger partial charge >= 0.3 is 0 Å². The van der Waals surface area contributed by atoms with Gasteiger partial charge in [-0.15, -0.1) is 35.3 Å². The van der Waals surface area contributed by atoms with E-state index in [0.717, 1.165) is 35.3 Å². The van der Waals surface area contributed by atoms with Crippen molar-refractivity contribution in [1.29, 1.82) is 0 Å². The molecule has 7 nitrogen and oxygen atoms in total. The molecule has 1 N–H and O–H groups in total. The number of hydrogen-bond donors (Lipinski definition) is 1. The summed E-state index contributed by atoms with van der Waals surface area (Å²) in [6, 6.07) is 10.3. The van der Waals surface area contributed by atoms with Gasteiger partial charge in [0.05, 0.1) is 31.5 Å². The second-order valence-corrected chi connectivity index (χ2v) is 8.00. The lowest BCUT2D eigenvalue weighted by atomic mass is 10.2. The van der Waals surface area contributed by atoms with E-state index in [1.54, 1.807) is 18.4 Å². The van der Waals surface area contributed by atoms with Gasteiger partial charge in [0.25, 0.3) is 0 Å². The average molecular weight is 555 g/mol. The molecule has 168 valence electrons. The number of methoxy groups -OCH3 is 1. The standard InChI is InChI=1S/C22H30N6OS.HI/c1-5-23-22(27(3)15-20-16-30-21(26-20)17(2)29-4)24-11-19-12-25-28(14-19)13-18-9-7-6-8-10-18;/h6-10,12,14,16-17H,5,11,13,15H2,1-4H3,(H,23,24);1H. The van der Waals surface area contributed by atoms with Crippen LogP contribution in [0.1, 0.15) is 41.8 Å². The van der Waals surface area contributed by atoms with Gasteiger partial charge in [-0.25, -0.2) is 9.98 Å². The highest BCUT2D eigenvalue weighted by molar-refractivity contribution is 14.0. The van der Waals surface area contributed by atoms with E-state index in [1.165, 1.54) is 5.56 Å². The van der Waals surface area contributed by atoms with Crippen molar-refractivity contribution < 1.29 is 4.74 Å². The van der Waals surface area contributed by atoms with Crippen LogP contribution >= 0.6 is 35.3 Å². The van der Waals surface area contributed by atoms with Crippen molar-refractivity contribution in [1.82, 2.24) is 25.0 Å². The molecular weight excluding hydrogens is 523 g/mol. The molecule has 0 aliphatic heterocycles. The molecule has 1 aromatic carbocycles. The number of thiazole rings is 1. The Labute approximate surface area is 205 Å². The molecule has 0 amide bonds. The monoisotopic (exact) mass is 554 g/mol. The Bertz CT molecular complexity index is 942.